The van der Waals surface area contributed by atoms with Crippen LogP contribution in [0.2, 0.25) is 0 Å². The first-order valence-corrected chi connectivity index (χ1v) is 12.7. The van der Waals surface area contributed by atoms with Gasteiger partial charge in [0, 0.05) is 0 Å². The Morgan fingerprint density at radius 3 is 2.56 bits per heavy atom. The van der Waals surface area contributed by atoms with Crippen LogP contribution in [0.4, 0.5) is 4.79 Å². The number of rotatable bonds is 8. The SMILES string of the molecule is COC(=O)c1ccc(CN2C(=O)S/C(=C/c3cc(I)c(OCc4ccc(C)cc4)c(OC)c3)C2=O)o1. The Bertz CT molecular complexity index is 1350. The third kappa shape index (κ3) is 5.76. The summed E-state index contributed by atoms with van der Waals surface area (Å²) in [4.78, 5) is 38.4. The molecule has 36 heavy (non-hydrogen) atoms. The fourth-order valence-electron chi connectivity index (χ4n) is 3.42. The number of aryl methyl sites for hydroxylation is 1. The van der Waals surface area contributed by atoms with Gasteiger partial charge in [-0.2, -0.15) is 0 Å². The van der Waals surface area contributed by atoms with Crippen LogP contribution < -0.4 is 9.47 Å². The maximum atomic E-state index is 12.9. The zero-order chi connectivity index (χ0) is 25.8. The van der Waals surface area contributed by atoms with Crippen LogP contribution in [0.1, 0.15) is 33.0 Å². The first kappa shape index (κ1) is 25.8. The lowest BCUT2D eigenvalue weighted by molar-refractivity contribution is -0.123. The van der Waals surface area contributed by atoms with Crippen LogP contribution in [0.3, 0.4) is 0 Å². The molecule has 0 atom stereocenters. The van der Waals surface area contributed by atoms with Crippen molar-refractivity contribution < 1.29 is 33.0 Å². The van der Waals surface area contributed by atoms with Crippen molar-refractivity contribution in [3.8, 4) is 11.5 Å². The summed E-state index contributed by atoms with van der Waals surface area (Å²) in [7, 11) is 2.79. The number of halogens is 1. The molecule has 10 heteroatoms. The molecule has 1 saturated heterocycles. The normalized spacial score (nSPS) is 14.4. The number of hydrogen-bond donors (Lipinski definition) is 0. The molecule has 186 valence electrons. The van der Waals surface area contributed by atoms with Crippen molar-refractivity contribution in [2.24, 2.45) is 0 Å². The molecular weight excluding hydrogens is 597 g/mol. The van der Waals surface area contributed by atoms with Crippen LogP contribution >= 0.6 is 34.4 Å². The van der Waals surface area contributed by atoms with Gasteiger partial charge in [0.1, 0.15) is 12.4 Å². The molecule has 1 aliphatic heterocycles. The fourth-order valence-corrected chi connectivity index (χ4v) is 5.04. The van der Waals surface area contributed by atoms with E-state index in [9.17, 15) is 14.4 Å². The second-order valence-corrected chi connectivity index (χ2v) is 9.99. The van der Waals surface area contributed by atoms with Crippen molar-refractivity contribution in [3.63, 3.8) is 0 Å². The van der Waals surface area contributed by atoms with E-state index in [1.54, 1.807) is 19.3 Å². The number of amides is 2. The molecule has 2 heterocycles. The molecule has 4 rings (SSSR count). The summed E-state index contributed by atoms with van der Waals surface area (Å²) < 4.78 is 22.4. The fraction of sp³-hybridized carbons (Fsp3) is 0.192. The third-order valence-corrected chi connectivity index (χ3v) is 7.00. The second-order valence-electron chi connectivity index (χ2n) is 7.83. The highest BCUT2D eigenvalue weighted by Gasteiger charge is 2.36. The van der Waals surface area contributed by atoms with E-state index in [4.69, 9.17) is 13.9 Å². The van der Waals surface area contributed by atoms with Gasteiger partial charge in [-0.25, -0.2) is 4.79 Å². The molecule has 0 saturated carbocycles. The molecule has 2 aromatic carbocycles. The number of furan rings is 1. The molecule has 1 aliphatic rings. The highest BCUT2D eigenvalue weighted by atomic mass is 127. The summed E-state index contributed by atoms with van der Waals surface area (Å²) in [5.41, 5.74) is 2.90. The number of imide groups is 1. The number of nitrogens with zero attached hydrogens (tertiary/aromatic N) is 1. The number of carbonyl (C=O) groups is 3. The lowest BCUT2D eigenvalue weighted by Crippen LogP contribution is -2.27. The molecule has 0 bridgehead atoms. The van der Waals surface area contributed by atoms with E-state index in [0.717, 1.165) is 25.8 Å². The van der Waals surface area contributed by atoms with Gasteiger partial charge in [0.2, 0.25) is 5.76 Å². The predicted molar refractivity (Wildman–Crippen MR) is 143 cm³/mol. The van der Waals surface area contributed by atoms with Gasteiger partial charge < -0.3 is 18.6 Å². The van der Waals surface area contributed by atoms with Crippen molar-refractivity contribution in [2.45, 2.75) is 20.1 Å². The number of benzene rings is 2. The molecule has 0 aliphatic carbocycles. The lowest BCUT2D eigenvalue weighted by atomic mass is 10.1. The smallest absolute Gasteiger partial charge is 0.373 e. The number of ether oxygens (including phenoxy) is 3. The monoisotopic (exact) mass is 619 g/mol. The summed E-state index contributed by atoms with van der Waals surface area (Å²) >= 11 is 2.99. The Kier molecular flexibility index (Phi) is 8.04. The Morgan fingerprint density at radius 2 is 1.86 bits per heavy atom. The highest BCUT2D eigenvalue weighted by Crippen LogP contribution is 2.38. The quantitative estimate of drug-likeness (QED) is 0.177. The summed E-state index contributed by atoms with van der Waals surface area (Å²) in [6.45, 7) is 2.32. The van der Waals surface area contributed by atoms with Crippen LogP contribution in [0.25, 0.3) is 6.08 Å². The van der Waals surface area contributed by atoms with Crippen LogP contribution in [-0.2, 0) is 22.7 Å². The molecule has 0 unspecified atom stereocenters. The van der Waals surface area contributed by atoms with Crippen LogP contribution in [0.5, 0.6) is 11.5 Å². The van der Waals surface area contributed by atoms with Crippen molar-refractivity contribution in [1.82, 2.24) is 4.90 Å². The van der Waals surface area contributed by atoms with E-state index in [1.165, 1.54) is 24.8 Å². The zero-order valence-corrected chi connectivity index (χ0v) is 22.7. The average Bonchev–Trinajstić information content (AvgIpc) is 3.44. The van der Waals surface area contributed by atoms with Crippen LogP contribution in [0.15, 0.2) is 57.9 Å². The minimum Gasteiger partial charge on any atom is -0.493 e. The molecule has 8 nitrogen and oxygen atoms in total. The van der Waals surface area contributed by atoms with Gasteiger partial charge in [-0.3, -0.25) is 14.5 Å². The minimum absolute atomic E-state index is 0.00127. The molecule has 2 amide bonds. The summed E-state index contributed by atoms with van der Waals surface area (Å²) in [5, 5.41) is -0.429. The third-order valence-electron chi connectivity index (χ3n) is 5.29. The summed E-state index contributed by atoms with van der Waals surface area (Å²) in [6, 6.07) is 14.7. The van der Waals surface area contributed by atoms with Gasteiger partial charge in [-0.1, -0.05) is 29.8 Å². The number of hydrogen-bond acceptors (Lipinski definition) is 8. The lowest BCUT2D eigenvalue weighted by Gasteiger charge is -2.14. The topological polar surface area (TPSA) is 95.3 Å². The molecule has 0 N–H and O–H groups in total. The molecule has 1 fully saturated rings. The van der Waals surface area contributed by atoms with E-state index < -0.39 is 17.1 Å². The van der Waals surface area contributed by atoms with E-state index in [2.05, 4.69) is 27.3 Å². The molecular formula is C26H22INO7S. The van der Waals surface area contributed by atoms with Gasteiger partial charge >= 0.3 is 5.97 Å². The van der Waals surface area contributed by atoms with Gasteiger partial charge in [0.15, 0.2) is 11.5 Å². The van der Waals surface area contributed by atoms with E-state index in [1.807, 2.05) is 37.3 Å². The Labute approximate surface area is 225 Å². The van der Waals surface area contributed by atoms with Crippen LogP contribution in [0, 0.1) is 10.5 Å². The minimum atomic E-state index is -0.634. The largest absolute Gasteiger partial charge is 0.493 e. The standard InChI is InChI=1S/C26H22INO7S/c1-15-4-6-16(7-5-15)14-34-23-19(27)10-17(11-21(23)32-2)12-22-24(29)28(26(31)36-22)13-18-8-9-20(35-18)25(30)33-3/h4-12H,13-14H2,1-3H3/b22-12+. The number of methoxy groups -OCH3 is 2. The summed E-state index contributed by atoms with van der Waals surface area (Å²) in [5.74, 6) is 0.333. The van der Waals surface area contributed by atoms with Gasteiger partial charge in [-0.15, -0.1) is 0 Å². The van der Waals surface area contributed by atoms with Gasteiger partial charge in [0.05, 0.1) is 29.2 Å². The van der Waals surface area contributed by atoms with Crippen molar-refractivity contribution >= 4 is 57.5 Å². The second kappa shape index (κ2) is 11.2. The van der Waals surface area contributed by atoms with Crippen LogP contribution in [-0.4, -0.2) is 36.2 Å². The molecule has 0 radical (unpaired) electrons. The highest BCUT2D eigenvalue weighted by molar-refractivity contribution is 14.1. The van der Waals surface area contributed by atoms with E-state index >= 15 is 0 Å². The Morgan fingerprint density at radius 1 is 1.11 bits per heavy atom. The van der Waals surface area contributed by atoms with Gasteiger partial charge in [0.25, 0.3) is 11.1 Å². The summed E-state index contributed by atoms with van der Waals surface area (Å²) in [6.07, 6.45) is 1.64. The first-order chi connectivity index (χ1) is 17.3. The molecule has 0 spiro atoms. The first-order valence-electron chi connectivity index (χ1n) is 10.8. The predicted octanol–water partition coefficient (Wildman–Crippen LogP) is 5.80. The van der Waals surface area contributed by atoms with Crippen molar-refractivity contribution in [1.29, 1.82) is 0 Å². The number of carbonyl (C=O) groups excluding carboxylic acids is 3. The van der Waals surface area contributed by atoms with E-state index in [-0.39, 0.29) is 17.2 Å². The van der Waals surface area contributed by atoms with E-state index in [0.29, 0.717) is 29.4 Å². The number of esters is 1. The molecule has 1 aromatic heterocycles. The maximum absolute atomic E-state index is 12.9. The maximum Gasteiger partial charge on any atom is 0.373 e. The van der Waals surface area contributed by atoms with Crippen molar-refractivity contribution in [3.05, 3.63) is 85.2 Å². The Balaban J connectivity index is 1.50. The zero-order valence-electron chi connectivity index (χ0n) is 19.7. The average molecular weight is 619 g/mol. The number of thioether (sulfide) groups is 1. The van der Waals surface area contributed by atoms with Crippen molar-refractivity contribution in [2.75, 3.05) is 14.2 Å². The Hall–Kier alpha value is -3.25. The van der Waals surface area contributed by atoms with Gasteiger partial charge in [-0.05, 0) is 82.7 Å². The molecule has 3 aromatic rings.